The van der Waals surface area contributed by atoms with Gasteiger partial charge in [-0.3, -0.25) is 0 Å². The second kappa shape index (κ2) is 6.12. The molecular weight excluding hydrogens is 308 g/mol. The van der Waals surface area contributed by atoms with Gasteiger partial charge < -0.3 is 5.11 Å². The van der Waals surface area contributed by atoms with Crippen molar-refractivity contribution in [3.63, 3.8) is 0 Å². The third-order valence-corrected chi connectivity index (χ3v) is 5.09. The smallest absolute Gasteiger partial charge is 0.347 e. The monoisotopic (exact) mass is 323 g/mol. The molecule has 1 aromatic heterocycles. The van der Waals surface area contributed by atoms with Crippen molar-refractivity contribution in [1.82, 2.24) is 4.98 Å². The lowest BCUT2D eigenvalue weighted by Gasteiger charge is -2.20. The summed E-state index contributed by atoms with van der Waals surface area (Å²) in [5, 5.41) is 9.48. The van der Waals surface area contributed by atoms with Gasteiger partial charge in [-0.2, -0.15) is 0 Å². The second-order valence-corrected chi connectivity index (χ2v) is 6.47. The normalized spacial score (nSPS) is 15.9. The Morgan fingerprint density at radius 2 is 1.82 bits per heavy atom. The number of carboxylic acid groups (broad SMARTS) is 1. The Bertz CT molecular complexity index is 688. The molecule has 1 aliphatic carbocycles. The molecule has 0 amide bonds. The lowest BCUT2D eigenvalue weighted by molar-refractivity contribution is 0.0700. The van der Waals surface area contributed by atoms with Gasteiger partial charge >= 0.3 is 5.97 Å². The number of halogens is 2. The van der Waals surface area contributed by atoms with E-state index < -0.39 is 17.6 Å². The predicted molar refractivity (Wildman–Crippen MR) is 80.3 cm³/mol. The number of aromatic carboxylic acids is 1. The van der Waals surface area contributed by atoms with E-state index in [2.05, 4.69) is 4.98 Å². The first-order valence-electron chi connectivity index (χ1n) is 7.26. The van der Waals surface area contributed by atoms with Crippen molar-refractivity contribution in [3.8, 4) is 10.6 Å². The van der Waals surface area contributed by atoms with Gasteiger partial charge in [-0.15, -0.1) is 11.3 Å². The zero-order valence-corrected chi connectivity index (χ0v) is 12.6. The van der Waals surface area contributed by atoms with E-state index in [4.69, 9.17) is 0 Å². The highest BCUT2D eigenvalue weighted by atomic mass is 32.1. The van der Waals surface area contributed by atoms with Crippen LogP contribution in [0.2, 0.25) is 0 Å². The summed E-state index contributed by atoms with van der Waals surface area (Å²) in [4.78, 5) is 15.9. The van der Waals surface area contributed by atoms with Crippen LogP contribution in [-0.4, -0.2) is 16.1 Å². The zero-order chi connectivity index (χ0) is 15.7. The number of hydrogen-bond donors (Lipinski definition) is 1. The minimum absolute atomic E-state index is 0.0692. The van der Waals surface area contributed by atoms with E-state index in [0.29, 0.717) is 5.69 Å². The molecule has 0 radical (unpaired) electrons. The Kier molecular flexibility index (Phi) is 4.20. The molecule has 0 spiro atoms. The molecule has 3 rings (SSSR count). The lowest BCUT2D eigenvalue weighted by Crippen LogP contribution is -2.09. The highest BCUT2D eigenvalue weighted by molar-refractivity contribution is 7.17. The van der Waals surface area contributed by atoms with Gasteiger partial charge in [0.2, 0.25) is 0 Å². The number of rotatable bonds is 3. The molecule has 0 unspecified atom stereocenters. The quantitative estimate of drug-likeness (QED) is 0.880. The van der Waals surface area contributed by atoms with Crippen LogP contribution in [0, 0.1) is 11.6 Å². The Morgan fingerprint density at radius 3 is 2.41 bits per heavy atom. The lowest BCUT2D eigenvalue weighted by atomic mass is 9.86. The Morgan fingerprint density at radius 1 is 1.18 bits per heavy atom. The molecule has 1 fully saturated rings. The first-order chi connectivity index (χ1) is 10.6. The Balaban J connectivity index is 2.08. The molecule has 0 saturated heterocycles. The van der Waals surface area contributed by atoms with Crippen LogP contribution in [0.5, 0.6) is 0 Å². The third kappa shape index (κ3) is 2.75. The van der Waals surface area contributed by atoms with E-state index in [9.17, 15) is 18.7 Å². The summed E-state index contributed by atoms with van der Waals surface area (Å²) in [5.41, 5.74) is 0.243. The van der Waals surface area contributed by atoms with Crippen LogP contribution in [0.4, 0.5) is 8.78 Å². The van der Waals surface area contributed by atoms with Gasteiger partial charge in [-0.25, -0.2) is 18.6 Å². The summed E-state index contributed by atoms with van der Waals surface area (Å²) in [5.74, 6) is -2.46. The SMILES string of the molecule is O=C(O)c1sc(-c2c(F)cccc2F)nc1C1CCCCC1. The number of benzene rings is 1. The van der Waals surface area contributed by atoms with Gasteiger partial charge in [0, 0.05) is 5.92 Å². The zero-order valence-electron chi connectivity index (χ0n) is 11.8. The van der Waals surface area contributed by atoms with E-state index >= 15 is 0 Å². The molecule has 0 bridgehead atoms. The molecule has 0 atom stereocenters. The van der Waals surface area contributed by atoms with Crippen molar-refractivity contribution in [3.05, 3.63) is 40.4 Å². The fraction of sp³-hybridized carbons (Fsp3) is 0.375. The first kappa shape index (κ1) is 15.1. The molecule has 3 nitrogen and oxygen atoms in total. The van der Waals surface area contributed by atoms with Crippen molar-refractivity contribution >= 4 is 17.3 Å². The van der Waals surface area contributed by atoms with Gasteiger partial charge in [-0.1, -0.05) is 25.3 Å². The number of nitrogens with zero attached hydrogens (tertiary/aromatic N) is 1. The second-order valence-electron chi connectivity index (χ2n) is 5.47. The average Bonchev–Trinajstić information content (AvgIpc) is 2.93. The number of carboxylic acids is 1. The summed E-state index contributed by atoms with van der Waals surface area (Å²) < 4.78 is 27.8. The molecule has 1 N–H and O–H groups in total. The molecule has 1 heterocycles. The minimum atomic E-state index is -1.08. The summed E-state index contributed by atoms with van der Waals surface area (Å²) >= 11 is 0.852. The topological polar surface area (TPSA) is 50.2 Å². The van der Waals surface area contributed by atoms with Gasteiger partial charge in [0.15, 0.2) is 0 Å². The largest absolute Gasteiger partial charge is 0.477 e. The standard InChI is InChI=1S/C16H15F2NO2S/c17-10-7-4-8-11(18)12(10)15-19-13(14(22-15)16(20)21)9-5-2-1-3-6-9/h4,7-9H,1-3,5-6H2,(H,20,21). The number of carbonyl (C=O) groups is 1. The summed E-state index contributed by atoms with van der Waals surface area (Å²) in [6.07, 6.45) is 4.96. The van der Waals surface area contributed by atoms with Crippen molar-refractivity contribution in [1.29, 1.82) is 0 Å². The predicted octanol–water partition coefficient (Wildman–Crippen LogP) is 4.83. The van der Waals surface area contributed by atoms with Crippen LogP contribution in [0.15, 0.2) is 18.2 Å². The summed E-state index contributed by atoms with van der Waals surface area (Å²) in [7, 11) is 0. The molecule has 116 valence electrons. The van der Waals surface area contributed by atoms with Crippen LogP contribution in [0.1, 0.15) is 53.4 Å². The van der Waals surface area contributed by atoms with E-state index in [1.54, 1.807) is 0 Å². The fourth-order valence-electron chi connectivity index (χ4n) is 2.95. The maximum Gasteiger partial charge on any atom is 0.347 e. The number of hydrogen-bond acceptors (Lipinski definition) is 3. The Hall–Kier alpha value is -1.82. The Labute approximate surface area is 130 Å². The van der Waals surface area contributed by atoms with E-state index in [1.165, 1.54) is 6.07 Å². The molecule has 22 heavy (non-hydrogen) atoms. The molecule has 6 heteroatoms. The van der Waals surface area contributed by atoms with Gasteiger partial charge in [0.05, 0.1) is 11.3 Å². The van der Waals surface area contributed by atoms with E-state index in [0.717, 1.165) is 55.6 Å². The van der Waals surface area contributed by atoms with Crippen molar-refractivity contribution in [2.45, 2.75) is 38.0 Å². The minimum Gasteiger partial charge on any atom is -0.477 e. The van der Waals surface area contributed by atoms with Crippen LogP contribution in [-0.2, 0) is 0 Å². The summed E-state index contributed by atoms with van der Waals surface area (Å²) in [6.45, 7) is 0. The third-order valence-electron chi connectivity index (χ3n) is 4.02. The van der Waals surface area contributed by atoms with Crippen LogP contribution < -0.4 is 0 Å². The van der Waals surface area contributed by atoms with E-state index in [-0.39, 0.29) is 21.4 Å². The highest BCUT2D eigenvalue weighted by Gasteiger charge is 2.27. The molecule has 1 aliphatic rings. The fourth-order valence-corrected chi connectivity index (χ4v) is 3.99. The van der Waals surface area contributed by atoms with Gasteiger partial charge in [0.25, 0.3) is 0 Å². The molecule has 1 saturated carbocycles. The highest BCUT2D eigenvalue weighted by Crippen LogP contribution is 2.39. The number of thiazole rings is 1. The maximum atomic E-state index is 13.9. The molecule has 0 aliphatic heterocycles. The maximum absolute atomic E-state index is 13.9. The van der Waals surface area contributed by atoms with Gasteiger partial charge in [-0.05, 0) is 25.0 Å². The van der Waals surface area contributed by atoms with Crippen LogP contribution in [0.25, 0.3) is 10.6 Å². The first-order valence-corrected chi connectivity index (χ1v) is 8.08. The molecular formula is C16H15F2NO2S. The van der Waals surface area contributed by atoms with E-state index in [1.807, 2.05) is 0 Å². The van der Waals surface area contributed by atoms with Crippen LogP contribution in [0.3, 0.4) is 0 Å². The summed E-state index contributed by atoms with van der Waals surface area (Å²) in [6, 6.07) is 3.59. The van der Waals surface area contributed by atoms with Gasteiger partial charge in [0.1, 0.15) is 21.5 Å². The van der Waals surface area contributed by atoms with Crippen LogP contribution >= 0.6 is 11.3 Å². The van der Waals surface area contributed by atoms with Crippen molar-refractivity contribution in [2.24, 2.45) is 0 Å². The van der Waals surface area contributed by atoms with Crippen molar-refractivity contribution < 1.29 is 18.7 Å². The van der Waals surface area contributed by atoms with Crippen molar-refractivity contribution in [2.75, 3.05) is 0 Å². The average molecular weight is 323 g/mol. The molecule has 2 aromatic rings. The molecule has 1 aromatic carbocycles. The number of aromatic nitrogens is 1.